The number of aliphatic hydroxyl groups is 1. The lowest BCUT2D eigenvalue weighted by Gasteiger charge is -2.21. The highest BCUT2D eigenvalue weighted by atomic mass is 16.3. The number of aromatic nitrogens is 3. The Balaban J connectivity index is 2.21. The van der Waals surface area contributed by atoms with E-state index in [1.807, 2.05) is 13.8 Å². The molecule has 1 unspecified atom stereocenters. The zero-order chi connectivity index (χ0) is 14.0. The van der Waals surface area contributed by atoms with Gasteiger partial charge in [0.2, 0.25) is 0 Å². The summed E-state index contributed by atoms with van der Waals surface area (Å²) < 4.78 is 0. The number of rotatable bonds is 4. The number of amides is 1. The number of hydrogen-bond acceptors (Lipinski definition) is 4. The molecule has 0 spiro atoms. The summed E-state index contributed by atoms with van der Waals surface area (Å²) in [7, 11) is 0. The summed E-state index contributed by atoms with van der Waals surface area (Å²) in [6, 6.07) is 1.79. The molecule has 2 rings (SSSR count). The first kappa shape index (κ1) is 13.5. The van der Waals surface area contributed by atoms with Crippen molar-refractivity contribution in [1.82, 2.24) is 15.2 Å². The maximum atomic E-state index is 12.0. The summed E-state index contributed by atoms with van der Waals surface area (Å²) >= 11 is 0. The van der Waals surface area contributed by atoms with Gasteiger partial charge in [0.15, 0.2) is 5.65 Å². The number of pyridine rings is 1. The molecule has 6 heteroatoms. The third-order valence-electron chi connectivity index (χ3n) is 3.08. The molecule has 0 saturated heterocycles. The van der Waals surface area contributed by atoms with Crippen molar-refractivity contribution < 1.29 is 9.90 Å². The predicted molar refractivity (Wildman–Crippen MR) is 72.8 cm³/mol. The molecule has 6 nitrogen and oxygen atoms in total. The molecule has 1 amide bonds. The Bertz CT molecular complexity index is 604. The van der Waals surface area contributed by atoms with Crippen LogP contribution in [-0.4, -0.2) is 31.8 Å². The SMILES string of the molecule is CCCC(C)(O)C(=O)Nc1cnc2n[nH]c(C)c2c1. The molecule has 0 fully saturated rings. The Morgan fingerprint density at radius 1 is 1.58 bits per heavy atom. The molecular weight excluding hydrogens is 244 g/mol. The summed E-state index contributed by atoms with van der Waals surface area (Å²) in [5, 5.41) is 20.4. The smallest absolute Gasteiger partial charge is 0.256 e. The lowest BCUT2D eigenvalue weighted by molar-refractivity contribution is -0.133. The molecule has 19 heavy (non-hydrogen) atoms. The number of hydrogen-bond donors (Lipinski definition) is 3. The number of nitrogens with one attached hydrogen (secondary N) is 2. The Kier molecular flexibility index (Phi) is 3.53. The van der Waals surface area contributed by atoms with Gasteiger partial charge in [0.05, 0.1) is 11.9 Å². The van der Waals surface area contributed by atoms with Crippen LogP contribution >= 0.6 is 0 Å². The molecular formula is C13H18N4O2. The first-order chi connectivity index (χ1) is 8.94. The fourth-order valence-electron chi connectivity index (χ4n) is 1.95. The molecule has 1 atom stereocenters. The quantitative estimate of drug-likeness (QED) is 0.783. The van der Waals surface area contributed by atoms with Crippen molar-refractivity contribution >= 4 is 22.6 Å². The fourth-order valence-corrected chi connectivity index (χ4v) is 1.95. The van der Waals surface area contributed by atoms with Gasteiger partial charge in [0.25, 0.3) is 5.91 Å². The minimum Gasteiger partial charge on any atom is -0.380 e. The van der Waals surface area contributed by atoms with Crippen LogP contribution in [0.2, 0.25) is 0 Å². The van der Waals surface area contributed by atoms with Crippen LogP contribution in [0.25, 0.3) is 11.0 Å². The van der Waals surface area contributed by atoms with E-state index in [2.05, 4.69) is 20.5 Å². The molecule has 0 aliphatic carbocycles. The maximum absolute atomic E-state index is 12.0. The lowest BCUT2D eigenvalue weighted by atomic mass is 10.00. The van der Waals surface area contributed by atoms with Gasteiger partial charge in [-0.05, 0) is 26.3 Å². The first-order valence-electron chi connectivity index (χ1n) is 6.28. The minimum absolute atomic E-state index is 0.416. The highest BCUT2D eigenvalue weighted by Gasteiger charge is 2.29. The largest absolute Gasteiger partial charge is 0.380 e. The Morgan fingerprint density at radius 3 is 3.00 bits per heavy atom. The molecule has 0 aliphatic heterocycles. The van der Waals surface area contributed by atoms with Gasteiger partial charge in [-0.1, -0.05) is 13.3 Å². The molecule has 0 aliphatic rings. The Labute approximate surface area is 111 Å². The van der Waals surface area contributed by atoms with E-state index in [9.17, 15) is 9.90 Å². The average Bonchev–Trinajstić information content (AvgIpc) is 2.71. The second-order valence-corrected chi connectivity index (χ2v) is 4.92. The highest BCUT2D eigenvalue weighted by molar-refractivity contribution is 5.98. The van der Waals surface area contributed by atoms with Crippen LogP contribution in [0.1, 0.15) is 32.4 Å². The first-order valence-corrected chi connectivity index (χ1v) is 6.28. The van der Waals surface area contributed by atoms with Gasteiger partial charge in [-0.3, -0.25) is 9.89 Å². The number of fused-ring (bicyclic) bond motifs is 1. The van der Waals surface area contributed by atoms with Crippen molar-refractivity contribution in [3.8, 4) is 0 Å². The minimum atomic E-state index is -1.37. The summed E-state index contributed by atoms with van der Waals surface area (Å²) in [6.45, 7) is 5.32. The number of carbonyl (C=O) groups is 1. The summed E-state index contributed by atoms with van der Waals surface area (Å²) in [6.07, 6.45) is 2.68. The van der Waals surface area contributed by atoms with E-state index in [0.29, 0.717) is 17.8 Å². The number of aromatic amines is 1. The van der Waals surface area contributed by atoms with Crippen molar-refractivity contribution in [1.29, 1.82) is 0 Å². The Hall–Kier alpha value is -1.95. The summed E-state index contributed by atoms with van der Waals surface area (Å²) in [4.78, 5) is 16.1. The molecule has 2 heterocycles. The van der Waals surface area contributed by atoms with Gasteiger partial charge in [-0.2, -0.15) is 5.10 Å². The zero-order valence-corrected chi connectivity index (χ0v) is 11.3. The second kappa shape index (κ2) is 4.97. The topological polar surface area (TPSA) is 90.9 Å². The molecule has 2 aromatic rings. The van der Waals surface area contributed by atoms with Crippen LogP contribution in [0, 0.1) is 6.92 Å². The zero-order valence-electron chi connectivity index (χ0n) is 11.3. The number of anilines is 1. The molecule has 102 valence electrons. The van der Waals surface area contributed by atoms with Crippen LogP contribution in [0.15, 0.2) is 12.3 Å². The van der Waals surface area contributed by atoms with Crippen LogP contribution in [0.3, 0.4) is 0 Å². The Morgan fingerprint density at radius 2 is 2.32 bits per heavy atom. The van der Waals surface area contributed by atoms with Crippen molar-refractivity contribution in [3.05, 3.63) is 18.0 Å². The van der Waals surface area contributed by atoms with Gasteiger partial charge >= 0.3 is 0 Å². The highest BCUT2D eigenvalue weighted by Crippen LogP contribution is 2.20. The molecule has 3 N–H and O–H groups in total. The van der Waals surface area contributed by atoms with Gasteiger partial charge in [0, 0.05) is 11.1 Å². The van der Waals surface area contributed by atoms with Crippen molar-refractivity contribution in [3.63, 3.8) is 0 Å². The molecule has 0 bridgehead atoms. The number of H-pyrrole nitrogens is 1. The molecule has 0 radical (unpaired) electrons. The van der Waals surface area contributed by atoms with E-state index < -0.39 is 11.5 Å². The van der Waals surface area contributed by atoms with E-state index in [4.69, 9.17) is 0 Å². The van der Waals surface area contributed by atoms with E-state index in [1.54, 1.807) is 6.07 Å². The standard InChI is InChI=1S/C13H18N4O2/c1-4-5-13(3,19)12(18)15-9-6-10-8(2)16-17-11(10)14-7-9/h6-7,19H,4-5H2,1-3H3,(H,15,18)(H,14,16,17). The summed E-state index contributed by atoms with van der Waals surface area (Å²) in [5.41, 5.74) is 0.683. The van der Waals surface area contributed by atoms with Crippen LogP contribution < -0.4 is 5.32 Å². The fraction of sp³-hybridized carbons (Fsp3) is 0.462. The average molecular weight is 262 g/mol. The second-order valence-electron chi connectivity index (χ2n) is 4.92. The van der Waals surface area contributed by atoms with Gasteiger partial charge in [0.1, 0.15) is 5.60 Å². The van der Waals surface area contributed by atoms with Gasteiger partial charge in [-0.15, -0.1) is 0 Å². The molecule has 0 saturated carbocycles. The maximum Gasteiger partial charge on any atom is 0.256 e. The van der Waals surface area contributed by atoms with Crippen LogP contribution in [-0.2, 0) is 4.79 Å². The van der Waals surface area contributed by atoms with Crippen molar-refractivity contribution in [2.75, 3.05) is 5.32 Å². The van der Waals surface area contributed by atoms with Crippen molar-refractivity contribution in [2.45, 2.75) is 39.2 Å². The van der Waals surface area contributed by atoms with Crippen LogP contribution in [0.4, 0.5) is 5.69 Å². The number of nitrogens with zero attached hydrogens (tertiary/aromatic N) is 2. The van der Waals surface area contributed by atoms with E-state index in [-0.39, 0.29) is 0 Å². The van der Waals surface area contributed by atoms with E-state index in [1.165, 1.54) is 13.1 Å². The summed E-state index contributed by atoms with van der Waals surface area (Å²) in [5.74, 6) is -0.420. The van der Waals surface area contributed by atoms with Gasteiger partial charge < -0.3 is 10.4 Å². The lowest BCUT2D eigenvalue weighted by Crippen LogP contribution is -2.39. The van der Waals surface area contributed by atoms with Crippen molar-refractivity contribution in [2.24, 2.45) is 0 Å². The molecule has 2 aromatic heterocycles. The normalized spacial score (nSPS) is 14.3. The number of carbonyl (C=O) groups excluding carboxylic acids is 1. The third kappa shape index (κ3) is 2.73. The predicted octanol–water partition coefficient (Wildman–Crippen LogP) is 1.76. The monoisotopic (exact) mass is 262 g/mol. The number of aryl methyl sites for hydroxylation is 1. The van der Waals surface area contributed by atoms with Gasteiger partial charge in [-0.25, -0.2) is 4.98 Å². The third-order valence-corrected chi connectivity index (χ3v) is 3.08. The van der Waals surface area contributed by atoms with Crippen LogP contribution in [0.5, 0.6) is 0 Å². The molecule has 0 aromatic carbocycles. The van der Waals surface area contributed by atoms with E-state index in [0.717, 1.165) is 17.5 Å². The van der Waals surface area contributed by atoms with E-state index >= 15 is 0 Å².